The van der Waals surface area contributed by atoms with Gasteiger partial charge in [-0.25, -0.2) is 4.39 Å². The summed E-state index contributed by atoms with van der Waals surface area (Å²) in [5, 5.41) is 0. The van der Waals surface area contributed by atoms with Gasteiger partial charge in [0.1, 0.15) is 5.82 Å². The molecular weight excluding hydrogens is 237 g/mol. The first-order valence-electron chi connectivity index (χ1n) is 7.54. The zero-order valence-corrected chi connectivity index (χ0v) is 12.2. The van der Waals surface area contributed by atoms with E-state index in [0.717, 1.165) is 17.9 Å². The van der Waals surface area contributed by atoms with E-state index in [1.807, 2.05) is 6.07 Å². The zero-order chi connectivity index (χ0) is 13.9. The van der Waals surface area contributed by atoms with Gasteiger partial charge in [-0.15, -0.1) is 0 Å². The molecule has 1 aromatic carbocycles. The SMILES string of the molecule is CCC1CCC(C(C)(N)Cc2cccc(F)c2)CC1. The van der Waals surface area contributed by atoms with Crippen molar-refractivity contribution in [1.82, 2.24) is 0 Å². The van der Waals surface area contributed by atoms with Crippen molar-refractivity contribution in [3.05, 3.63) is 35.6 Å². The van der Waals surface area contributed by atoms with Crippen LogP contribution < -0.4 is 5.73 Å². The predicted molar refractivity (Wildman–Crippen MR) is 78.4 cm³/mol. The molecule has 2 rings (SSSR count). The molecule has 2 heteroatoms. The van der Waals surface area contributed by atoms with Gasteiger partial charge < -0.3 is 5.73 Å². The lowest BCUT2D eigenvalue weighted by molar-refractivity contribution is 0.182. The molecule has 1 aliphatic carbocycles. The summed E-state index contributed by atoms with van der Waals surface area (Å²) >= 11 is 0. The molecule has 19 heavy (non-hydrogen) atoms. The second-order valence-electron chi connectivity index (χ2n) is 6.44. The third-order valence-electron chi connectivity index (χ3n) is 4.83. The Morgan fingerprint density at radius 1 is 1.26 bits per heavy atom. The van der Waals surface area contributed by atoms with Crippen molar-refractivity contribution in [2.45, 2.75) is 57.9 Å². The molecule has 0 aliphatic heterocycles. The average molecular weight is 263 g/mol. The number of nitrogens with two attached hydrogens (primary N) is 1. The van der Waals surface area contributed by atoms with E-state index in [9.17, 15) is 4.39 Å². The number of halogens is 1. The number of benzene rings is 1. The van der Waals surface area contributed by atoms with Gasteiger partial charge >= 0.3 is 0 Å². The quantitative estimate of drug-likeness (QED) is 0.861. The molecule has 2 N–H and O–H groups in total. The maximum atomic E-state index is 13.2. The highest BCUT2D eigenvalue weighted by Gasteiger charge is 2.33. The van der Waals surface area contributed by atoms with E-state index in [1.54, 1.807) is 12.1 Å². The monoisotopic (exact) mass is 263 g/mol. The van der Waals surface area contributed by atoms with E-state index in [1.165, 1.54) is 38.2 Å². The van der Waals surface area contributed by atoms with E-state index >= 15 is 0 Å². The summed E-state index contributed by atoms with van der Waals surface area (Å²) in [5.74, 6) is 1.29. The fraction of sp³-hybridized carbons (Fsp3) is 0.647. The molecule has 1 aromatic rings. The molecule has 1 unspecified atom stereocenters. The van der Waals surface area contributed by atoms with E-state index in [4.69, 9.17) is 5.73 Å². The topological polar surface area (TPSA) is 26.0 Å². The Kier molecular flexibility index (Phi) is 4.62. The Morgan fingerprint density at radius 3 is 2.53 bits per heavy atom. The van der Waals surface area contributed by atoms with Gasteiger partial charge in [-0.1, -0.05) is 38.3 Å². The second kappa shape index (κ2) is 6.04. The molecule has 0 bridgehead atoms. The van der Waals surface area contributed by atoms with Crippen LogP contribution in [0.3, 0.4) is 0 Å². The first kappa shape index (κ1) is 14.5. The van der Waals surface area contributed by atoms with Crippen LogP contribution in [0.1, 0.15) is 51.5 Å². The summed E-state index contributed by atoms with van der Waals surface area (Å²) in [6.07, 6.45) is 7.11. The fourth-order valence-corrected chi connectivity index (χ4v) is 3.46. The Labute approximate surface area is 116 Å². The van der Waals surface area contributed by atoms with E-state index in [2.05, 4.69) is 13.8 Å². The van der Waals surface area contributed by atoms with Crippen molar-refractivity contribution in [2.24, 2.45) is 17.6 Å². The van der Waals surface area contributed by atoms with Crippen LogP contribution in [-0.4, -0.2) is 5.54 Å². The van der Waals surface area contributed by atoms with E-state index < -0.39 is 0 Å². The Morgan fingerprint density at radius 2 is 1.95 bits per heavy atom. The molecule has 0 amide bonds. The van der Waals surface area contributed by atoms with Crippen molar-refractivity contribution < 1.29 is 4.39 Å². The van der Waals surface area contributed by atoms with Gasteiger partial charge in [-0.2, -0.15) is 0 Å². The van der Waals surface area contributed by atoms with Gasteiger partial charge in [0, 0.05) is 5.54 Å². The van der Waals surface area contributed by atoms with Gasteiger partial charge in [0.05, 0.1) is 0 Å². The maximum Gasteiger partial charge on any atom is 0.123 e. The molecule has 1 saturated carbocycles. The molecule has 0 aromatic heterocycles. The Bertz CT molecular complexity index is 405. The molecule has 1 fully saturated rings. The minimum atomic E-state index is -0.216. The van der Waals surface area contributed by atoms with Gasteiger partial charge in [-0.05, 0) is 55.7 Å². The highest BCUT2D eigenvalue weighted by molar-refractivity contribution is 5.19. The number of hydrogen-bond donors (Lipinski definition) is 1. The lowest BCUT2D eigenvalue weighted by atomic mass is 9.70. The van der Waals surface area contributed by atoms with Crippen molar-refractivity contribution >= 4 is 0 Å². The first-order chi connectivity index (χ1) is 9.01. The minimum Gasteiger partial charge on any atom is -0.325 e. The molecule has 1 atom stereocenters. The maximum absolute atomic E-state index is 13.2. The zero-order valence-electron chi connectivity index (χ0n) is 12.2. The molecule has 0 radical (unpaired) electrons. The Hall–Kier alpha value is -0.890. The molecule has 1 nitrogen and oxygen atoms in total. The second-order valence-corrected chi connectivity index (χ2v) is 6.44. The highest BCUT2D eigenvalue weighted by atomic mass is 19.1. The first-order valence-corrected chi connectivity index (χ1v) is 7.54. The Balaban J connectivity index is 1.98. The summed E-state index contributed by atoms with van der Waals surface area (Å²) < 4.78 is 13.2. The van der Waals surface area contributed by atoms with Crippen LogP contribution in [0.4, 0.5) is 4.39 Å². The molecule has 106 valence electrons. The summed E-state index contributed by atoms with van der Waals surface area (Å²) in [6, 6.07) is 6.85. The van der Waals surface area contributed by atoms with Crippen LogP contribution in [0, 0.1) is 17.7 Å². The molecule has 1 aliphatic rings. The van der Waals surface area contributed by atoms with Gasteiger partial charge in [-0.3, -0.25) is 0 Å². The predicted octanol–water partition coefficient (Wildman–Crippen LogP) is 4.30. The molecule has 0 spiro atoms. The molecule has 0 saturated heterocycles. The smallest absolute Gasteiger partial charge is 0.123 e. The summed E-state index contributed by atoms with van der Waals surface area (Å²) in [7, 11) is 0. The summed E-state index contributed by atoms with van der Waals surface area (Å²) in [6.45, 7) is 4.41. The summed E-state index contributed by atoms with van der Waals surface area (Å²) in [4.78, 5) is 0. The van der Waals surface area contributed by atoms with Gasteiger partial charge in [0.2, 0.25) is 0 Å². The van der Waals surface area contributed by atoms with E-state index in [-0.39, 0.29) is 11.4 Å². The van der Waals surface area contributed by atoms with Crippen LogP contribution >= 0.6 is 0 Å². The van der Waals surface area contributed by atoms with Crippen LogP contribution in [0.2, 0.25) is 0 Å². The van der Waals surface area contributed by atoms with Crippen LogP contribution in [-0.2, 0) is 6.42 Å². The lowest BCUT2D eigenvalue weighted by Crippen LogP contribution is -2.47. The number of rotatable bonds is 4. The third kappa shape index (κ3) is 3.79. The summed E-state index contributed by atoms with van der Waals surface area (Å²) in [5.41, 5.74) is 7.34. The standard InChI is InChI=1S/C17H26FN/c1-3-13-7-9-15(10-8-13)17(2,19)12-14-5-4-6-16(18)11-14/h4-6,11,13,15H,3,7-10,12,19H2,1-2H3. The fourth-order valence-electron chi connectivity index (χ4n) is 3.46. The number of hydrogen-bond acceptors (Lipinski definition) is 1. The molecule has 0 heterocycles. The van der Waals surface area contributed by atoms with Gasteiger partial charge in [0.25, 0.3) is 0 Å². The van der Waals surface area contributed by atoms with Crippen LogP contribution in [0.25, 0.3) is 0 Å². The minimum absolute atomic E-state index is 0.164. The van der Waals surface area contributed by atoms with Crippen LogP contribution in [0.5, 0.6) is 0 Å². The van der Waals surface area contributed by atoms with Crippen molar-refractivity contribution in [3.8, 4) is 0 Å². The normalized spacial score (nSPS) is 26.9. The van der Waals surface area contributed by atoms with Crippen molar-refractivity contribution in [3.63, 3.8) is 0 Å². The van der Waals surface area contributed by atoms with Crippen molar-refractivity contribution in [2.75, 3.05) is 0 Å². The highest BCUT2D eigenvalue weighted by Crippen LogP contribution is 2.37. The van der Waals surface area contributed by atoms with Gasteiger partial charge in [0.15, 0.2) is 0 Å². The largest absolute Gasteiger partial charge is 0.325 e. The van der Waals surface area contributed by atoms with Crippen molar-refractivity contribution in [1.29, 1.82) is 0 Å². The van der Waals surface area contributed by atoms with E-state index in [0.29, 0.717) is 5.92 Å². The molecular formula is C17H26FN. The lowest BCUT2D eigenvalue weighted by Gasteiger charge is -2.39. The average Bonchev–Trinajstić information content (AvgIpc) is 2.38. The third-order valence-corrected chi connectivity index (χ3v) is 4.83. The van der Waals surface area contributed by atoms with Crippen LogP contribution in [0.15, 0.2) is 24.3 Å².